The van der Waals surface area contributed by atoms with Crippen molar-refractivity contribution < 1.29 is 29.6 Å². The van der Waals surface area contributed by atoms with E-state index < -0.39 is 0 Å². The predicted octanol–water partition coefficient (Wildman–Crippen LogP) is 1.47. The second-order valence-corrected chi connectivity index (χ2v) is 3.14. The quantitative estimate of drug-likeness (QED) is 0.392. The van der Waals surface area contributed by atoms with Gasteiger partial charge in [-0.15, -0.1) is 0 Å². The van der Waals surface area contributed by atoms with Crippen molar-refractivity contribution in [2.24, 2.45) is 0 Å². The minimum absolute atomic E-state index is 0. The van der Waals surface area contributed by atoms with Gasteiger partial charge in [-0.25, -0.2) is 0 Å². The van der Waals surface area contributed by atoms with Gasteiger partial charge in [-0.2, -0.15) is 36.4 Å². The minimum atomic E-state index is 0. The van der Waals surface area contributed by atoms with Crippen LogP contribution in [0.25, 0.3) is 0 Å². The van der Waals surface area contributed by atoms with E-state index in [1.165, 1.54) is 32.1 Å². The summed E-state index contributed by atoms with van der Waals surface area (Å²) in [6.45, 7) is 4.49. The Hall–Kier alpha value is 0.220. The maximum atomic E-state index is 2.89. The Morgan fingerprint density at radius 2 is 1.29 bits per heavy atom. The monoisotopic (exact) mass is 200 g/mol. The van der Waals surface area contributed by atoms with Crippen molar-refractivity contribution in [1.29, 1.82) is 0 Å². The van der Waals surface area contributed by atoms with Gasteiger partial charge in [-0.1, -0.05) is 46.0 Å². The van der Waals surface area contributed by atoms with Crippen molar-refractivity contribution in [2.75, 3.05) is 0 Å². The molecule has 0 aromatic heterocycles. The van der Waals surface area contributed by atoms with Crippen LogP contribution in [0, 0.1) is 6.07 Å². The summed E-state index contributed by atoms with van der Waals surface area (Å²) in [5.74, 6) is 0. The molecule has 0 saturated heterocycles. The third-order valence-electron chi connectivity index (χ3n) is 1.81. The third-order valence-corrected chi connectivity index (χ3v) is 1.81. The molecule has 1 aromatic rings. The molecular weight excluding hydrogens is 179 g/mol. The summed E-state index contributed by atoms with van der Waals surface area (Å²) < 4.78 is 0. The summed E-state index contributed by atoms with van der Waals surface area (Å²) in [6, 6.07) is 12.5. The van der Waals surface area contributed by atoms with E-state index in [0.29, 0.717) is 0 Å². The first-order chi connectivity index (χ1) is 6.41. The van der Waals surface area contributed by atoms with Crippen LogP contribution in [-0.2, 0) is 0 Å². The van der Waals surface area contributed by atoms with Crippen LogP contribution in [0.15, 0.2) is 30.3 Å². The molecule has 0 amide bonds. The topological polar surface area (TPSA) is 0 Å². The minimum Gasteiger partial charge on any atom is -0.184 e. The zero-order valence-corrected chi connectivity index (χ0v) is 11.9. The molecule has 1 heteroatoms. The van der Waals surface area contributed by atoms with Gasteiger partial charge in [0.1, 0.15) is 0 Å². The fourth-order valence-electron chi connectivity index (χ4n) is 1.02. The average molecular weight is 200 g/mol. The molecule has 0 spiro atoms. The first-order valence-electron chi connectivity index (χ1n) is 5.32. The SMILES string of the molecule is CCCCCCC.[Na+].[c-]1ccccc1. The van der Waals surface area contributed by atoms with Gasteiger partial charge in [0.25, 0.3) is 0 Å². The van der Waals surface area contributed by atoms with Gasteiger partial charge >= 0.3 is 29.6 Å². The Bertz CT molecular complexity index is 129. The smallest absolute Gasteiger partial charge is 0.184 e. The predicted molar refractivity (Wildman–Crippen MR) is 59.7 cm³/mol. The molecule has 0 heterocycles. The molecule has 0 aliphatic rings. The Morgan fingerprint density at radius 3 is 1.50 bits per heavy atom. The second-order valence-electron chi connectivity index (χ2n) is 3.14. The number of benzene rings is 1. The summed E-state index contributed by atoms with van der Waals surface area (Å²) >= 11 is 0. The van der Waals surface area contributed by atoms with Crippen molar-refractivity contribution in [3.63, 3.8) is 0 Å². The Morgan fingerprint density at radius 1 is 0.786 bits per heavy atom. The molecular formula is C13H21Na. The molecule has 0 N–H and O–H groups in total. The van der Waals surface area contributed by atoms with Gasteiger partial charge in [0.2, 0.25) is 0 Å². The van der Waals surface area contributed by atoms with E-state index in [1.54, 1.807) is 0 Å². The molecule has 0 aliphatic heterocycles. The van der Waals surface area contributed by atoms with Gasteiger partial charge < -0.3 is 0 Å². The number of hydrogen-bond acceptors (Lipinski definition) is 0. The van der Waals surface area contributed by atoms with Crippen molar-refractivity contribution >= 4 is 0 Å². The standard InChI is InChI=1S/C7H16.C6H5.Na/c1-3-5-7-6-4-2;1-2-4-6-5-3-1;/h3-7H2,1-2H3;1-5H;/q;-1;+1. The van der Waals surface area contributed by atoms with E-state index >= 15 is 0 Å². The third kappa shape index (κ3) is 14.7. The fraction of sp³-hybridized carbons (Fsp3) is 0.538. The Kier molecular flexibility index (Phi) is 18.6. The Balaban J connectivity index is 0. The van der Waals surface area contributed by atoms with Crippen LogP contribution in [0.5, 0.6) is 0 Å². The number of unbranched alkanes of at least 4 members (excludes halogenated alkanes) is 4. The van der Waals surface area contributed by atoms with E-state index in [0.717, 1.165) is 0 Å². The zero-order chi connectivity index (χ0) is 9.78. The first-order valence-corrected chi connectivity index (χ1v) is 5.32. The van der Waals surface area contributed by atoms with Crippen molar-refractivity contribution in [2.45, 2.75) is 46.0 Å². The van der Waals surface area contributed by atoms with Crippen LogP contribution in [-0.4, -0.2) is 0 Å². The average Bonchev–Trinajstić information content (AvgIpc) is 2.22. The van der Waals surface area contributed by atoms with Gasteiger partial charge in [-0.3, -0.25) is 0 Å². The van der Waals surface area contributed by atoms with Crippen LogP contribution in [0.1, 0.15) is 46.0 Å². The first kappa shape index (κ1) is 16.6. The Labute approximate surface area is 111 Å². The molecule has 0 nitrogen and oxygen atoms in total. The summed E-state index contributed by atoms with van der Waals surface area (Å²) in [4.78, 5) is 0. The molecule has 74 valence electrons. The molecule has 0 saturated carbocycles. The van der Waals surface area contributed by atoms with E-state index in [4.69, 9.17) is 0 Å². The van der Waals surface area contributed by atoms with Crippen molar-refractivity contribution in [3.05, 3.63) is 36.4 Å². The summed E-state index contributed by atoms with van der Waals surface area (Å²) in [5, 5.41) is 0. The number of rotatable bonds is 4. The largest absolute Gasteiger partial charge is 1.00 e. The fourth-order valence-corrected chi connectivity index (χ4v) is 1.02. The van der Waals surface area contributed by atoms with Gasteiger partial charge in [0.15, 0.2) is 0 Å². The molecule has 0 fully saturated rings. The molecule has 14 heavy (non-hydrogen) atoms. The van der Waals surface area contributed by atoms with Gasteiger partial charge in [0, 0.05) is 0 Å². The number of hydrogen-bond donors (Lipinski definition) is 0. The van der Waals surface area contributed by atoms with Crippen LogP contribution in [0.3, 0.4) is 0 Å². The van der Waals surface area contributed by atoms with Crippen LogP contribution < -0.4 is 29.6 Å². The maximum absolute atomic E-state index is 2.89. The zero-order valence-electron chi connectivity index (χ0n) is 9.92. The van der Waals surface area contributed by atoms with E-state index in [9.17, 15) is 0 Å². The molecule has 0 atom stereocenters. The van der Waals surface area contributed by atoms with E-state index in [2.05, 4.69) is 19.9 Å². The summed E-state index contributed by atoms with van der Waals surface area (Å²) in [5.41, 5.74) is 0. The van der Waals surface area contributed by atoms with E-state index in [-0.39, 0.29) is 29.6 Å². The van der Waals surface area contributed by atoms with Crippen LogP contribution in [0.2, 0.25) is 0 Å². The molecule has 0 aliphatic carbocycles. The molecule has 0 unspecified atom stereocenters. The second kappa shape index (κ2) is 15.7. The normalized spacial score (nSPS) is 8.14. The maximum Gasteiger partial charge on any atom is 1.00 e. The molecule has 1 rings (SSSR count). The van der Waals surface area contributed by atoms with Crippen molar-refractivity contribution in [3.8, 4) is 0 Å². The van der Waals surface area contributed by atoms with Gasteiger partial charge in [0.05, 0.1) is 0 Å². The summed E-state index contributed by atoms with van der Waals surface area (Å²) in [6.07, 6.45) is 7.01. The van der Waals surface area contributed by atoms with Crippen LogP contribution >= 0.6 is 0 Å². The van der Waals surface area contributed by atoms with E-state index in [1.807, 2.05) is 30.3 Å². The van der Waals surface area contributed by atoms with Crippen molar-refractivity contribution in [1.82, 2.24) is 0 Å². The van der Waals surface area contributed by atoms with Gasteiger partial charge in [-0.05, 0) is 0 Å². The van der Waals surface area contributed by atoms with Crippen LogP contribution in [0.4, 0.5) is 0 Å². The molecule has 0 bridgehead atoms. The summed E-state index contributed by atoms with van der Waals surface area (Å²) in [7, 11) is 0. The molecule has 0 radical (unpaired) electrons. The molecule has 1 aromatic carbocycles.